The Morgan fingerprint density at radius 2 is 1.76 bits per heavy atom. The number of amides is 2. The Balaban J connectivity index is 1.13. The van der Waals surface area contributed by atoms with Crippen molar-refractivity contribution in [1.29, 1.82) is 0 Å². The van der Waals surface area contributed by atoms with Crippen LogP contribution in [0.1, 0.15) is 35.3 Å². The Morgan fingerprint density at radius 1 is 1.03 bits per heavy atom. The van der Waals surface area contributed by atoms with Crippen LogP contribution in [0.3, 0.4) is 0 Å². The standard InChI is InChI=1S/C28H27FN6O2/c1-18(19-7-9-24(29)10-8-19)32-27(36)23-14-34(15-23)26-25-13-22(16-35(25)31-17-30-26)20-3-5-21(6-4-20)28(37)33-11-2-12-33/h3-10,13,16-18,23H,2,11-12,14-15H2,1H3,(H,32,36)/t18-/m0/s1. The number of likely N-dealkylation sites (tertiary alicyclic amines) is 1. The largest absolute Gasteiger partial charge is 0.353 e. The molecule has 0 aliphatic carbocycles. The number of nitrogens with zero attached hydrogens (tertiary/aromatic N) is 5. The topological polar surface area (TPSA) is 82.8 Å². The zero-order valence-electron chi connectivity index (χ0n) is 20.5. The number of anilines is 1. The molecule has 2 aromatic heterocycles. The first-order valence-electron chi connectivity index (χ1n) is 12.5. The summed E-state index contributed by atoms with van der Waals surface area (Å²) in [5, 5.41) is 7.39. The van der Waals surface area contributed by atoms with Gasteiger partial charge in [0.1, 0.15) is 17.7 Å². The van der Waals surface area contributed by atoms with Crippen LogP contribution >= 0.6 is 0 Å². The molecular weight excluding hydrogens is 471 g/mol. The number of rotatable bonds is 6. The van der Waals surface area contributed by atoms with E-state index in [1.807, 2.05) is 48.4 Å². The molecule has 37 heavy (non-hydrogen) atoms. The maximum Gasteiger partial charge on any atom is 0.253 e. The lowest BCUT2D eigenvalue weighted by Gasteiger charge is -2.39. The summed E-state index contributed by atoms with van der Waals surface area (Å²) in [5.41, 5.74) is 4.39. The Hall–Kier alpha value is -4.27. The number of carbonyl (C=O) groups excluding carboxylic acids is 2. The molecule has 9 heteroatoms. The number of benzene rings is 2. The Bertz CT molecular complexity index is 1460. The third-order valence-corrected chi connectivity index (χ3v) is 7.27. The van der Waals surface area contributed by atoms with Gasteiger partial charge in [0.15, 0.2) is 5.82 Å². The summed E-state index contributed by atoms with van der Waals surface area (Å²) in [6.45, 7) is 4.68. The van der Waals surface area contributed by atoms with Gasteiger partial charge < -0.3 is 15.1 Å². The van der Waals surface area contributed by atoms with E-state index in [2.05, 4.69) is 20.3 Å². The summed E-state index contributed by atoms with van der Waals surface area (Å²) in [6.07, 6.45) is 4.54. The molecule has 6 rings (SSSR count). The molecule has 188 valence electrons. The molecule has 2 aliphatic rings. The molecule has 0 radical (unpaired) electrons. The molecule has 4 heterocycles. The molecule has 2 amide bonds. The first-order valence-corrected chi connectivity index (χ1v) is 12.5. The predicted octanol–water partition coefficient (Wildman–Crippen LogP) is 3.69. The summed E-state index contributed by atoms with van der Waals surface area (Å²) in [7, 11) is 0. The van der Waals surface area contributed by atoms with Crippen LogP contribution in [0.5, 0.6) is 0 Å². The normalized spacial score (nSPS) is 16.3. The maximum atomic E-state index is 13.2. The Labute approximate surface area is 213 Å². The van der Waals surface area contributed by atoms with Crippen LogP contribution < -0.4 is 10.2 Å². The number of aromatic nitrogens is 3. The van der Waals surface area contributed by atoms with Gasteiger partial charge in [0.25, 0.3) is 5.91 Å². The van der Waals surface area contributed by atoms with Gasteiger partial charge in [0, 0.05) is 43.5 Å². The van der Waals surface area contributed by atoms with Gasteiger partial charge in [0.2, 0.25) is 5.91 Å². The van der Waals surface area contributed by atoms with E-state index in [4.69, 9.17) is 0 Å². The van der Waals surface area contributed by atoms with Crippen LogP contribution in [0, 0.1) is 11.7 Å². The minimum Gasteiger partial charge on any atom is -0.353 e. The summed E-state index contributed by atoms with van der Waals surface area (Å²) >= 11 is 0. The second kappa shape index (κ2) is 9.31. The quantitative estimate of drug-likeness (QED) is 0.439. The smallest absolute Gasteiger partial charge is 0.253 e. The first-order chi connectivity index (χ1) is 18.0. The van der Waals surface area contributed by atoms with E-state index >= 15 is 0 Å². The highest BCUT2D eigenvalue weighted by Crippen LogP contribution is 2.31. The summed E-state index contributed by atoms with van der Waals surface area (Å²) in [4.78, 5) is 33.6. The highest BCUT2D eigenvalue weighted by Gasteiger charge is 2.35. The second-order valence-electron chi connectivity index (χ2n) is 9.75. The average molecular weight is 499 g/mol. The van der Waals surface area contributed by atoms with Crippen LogP contribution in [-0.4, -0.2) is 57.5 Å². The van der Waals surface area contributed by atoms with Crippen molar-refractivity contribution in [2.75, 3.05) is 31.1 Å². The fourth-order valence-electron chi connectivity index (χ4n) is 4.81. The van der Waals surface area contributed by atoms with E-state index in [1.54, 1.807) is 16.6 Å². The SMILES string of the molecule is C[C@H](NC(=O)C1CN(c2ncnn3cc(-c4ccc(C(=O)N5CCC5)cc4)cc23)C1)c1ccc(F)cc1. The maximum absolute atomic E-state index is 13.2. The molecule has 2 aliphatic heterocycles. The van der Waals surface area contributed by atoms with Gasteiger partial charge in [-0.2, -0.15) is 5.10 Å². The Kier molecular flexibility index (Phi) is 5.82. The van der Waals surface area contributed by atoms with Crippen LogP contribution in [0.4, 0.5) is 10.2 Å². The second-order valence-corrected chi connectivity index (χ2v) is 9.75. The molecular formula is C28H27FN6O2. The van der Waals surface area contributed by atoms with Gasteiger partial charge >= 0.3 is 0 Å². The predicted molar refractivity (Wildman–Crippen MR) is 138 cm³/mol. The lowest BCUT2D eigenvalue weighted by atomic mass is 9.98. The van der Waals surface area contributed by atoms with E-state index in [9.17, 15) is 14.0 Å². The lowest BCUT2D eigenvalue weighted by Crippen LogP contribution is -2.54. The molecule has 1 N–H and O–H groups in total. The molecule has 0 spiro atoms. The van der Waals surface area contributed by atoms with Crippen molar-refractivity contribution >= 4 is 23.1 Å². The van der Waals surface area contributed by atoms with E-state index in [0.717, 1.165) is 47.5 Å². The zero-order chi connectivity index (χ0) is 25.5. The van der Waals surface area contributed by atoms with Gasteiger partial charge in [0.05, 0.1) is 12.0 Å². The fraction of sp³-hybridized carbons (Fsp3) is 0.286. The van der Waals surface area contributed by atoms with Crippen molar-refractivity contribution in [3.63, 3.8) is 0 Å². The highest BCUT2D eigenvalue weighted by atomic mass is 19.1. The van der Waals surface area contributed by atoms with E-state index < -0.39 is 0 Å². The van der Waals surface area contributed by atoms with E-state index in [0.29, 0.717) is 18.7 Å². The molecule has 0 saturated carbocycles. The minimum atomic E-state index is -0.295. The number of nitrogens with one attached hydrogen (secondary N) is 1. The average Bonchev–Trinajstić information content (AvgIpc) is 3.28. The van der Waals surface area contributed by atoms with Crippen LogP contribution in [0.15, 0.2) is 67.1 Å². The van der Waals surface area contributed by atoms with E-state index in [-0.39, 0.29) is 29.6 Å². The minimum absolute atomic E-state index is 0.0258. The third kappa shape index (κ3) is 4.41. The fourth-order valence-corrected chi connectivity index (χ4v) is 4.81. The summed E-state index contributed by atoms with van der Waals surface area (Å²) < 4.78 is 15.0. The number of hydrogen-bond donors (Lipinski definition) is 1. The summed E-state index contributed by atoms with van der Waals surface area (Å²) in [6, 6.07) is 15.7. The van der Waals surface area contributed by atoms with Crippen molar-refractivity contribution in [3.8, 4) is 11.1 Å². The molecule has 0 unspecified atom stereocenters. The number of halogens is 1. The third-order valence-electron chi connectivity index (χ3n) is 7.27. The molecule has 2 saturated heterocycles. The molecule has 2 aromatic carbocycles. The number of hydrogen-bond acceptors (Lipinski definition) is 5. The van der Waals surface area contributed by atoms with Crippen molar-refractivity contribution in [1.82, 2.24) is 24.8 Å². The first kappa shape index (κ1) is 23.1. The van der Waals surface area contributed by atoms with Gasteiger partial charge in [-0.15, -0.1) is 0 Å². The van der Waals surface area contributed by atoms with Gasteiger partial charge in [-0.25, -0.2) is 13.9 Å². The molecule has 4 aromatic rings. The summed E-state index contributed by atoms with van der Waals surface area (Å²) in [5.74, 6) is 0.389. The van der Waals surface area contributed by atoms with Crippen LogP contribution in [0.25, 0.3) is 16.6 Å². The highest BCUT2D eigenvalue weighted by molar-refractivity contribution is 5.95. The zero-order valence-corrected chi connectivity index (χ0v) is 20.5. The van der Waals surface area contributed by atoms with Crippen LogP contribution in [-0.2, 0) is 4.79 Å². The molecule has 1 atom stereocenters. The molecule has 0 bridgehead atoms. The molecule has 8 nitrogen and oxygen atoms in total. The van der Waals surface area contributed by atoms with Crippen molar-refractivity contribution in [2.24, 2.45) is 5.92 Å². The van der Waals surface area contributed by atoms with Gasteiger partial charge in [-0.3, -0.25) is 9.59 Å². The lowest BCUT2D eigenvalue weighted by molar-refractivity contribution is -0.126. The van der Waals surface area contributed by atoms with E-state index in [1.165, 1.54) is 18.5 Å². The Morgan fingerprint density at radius 3 is 2.43 bits per heavy atom. The van der Waals surface area contributed by atoms with Crippen molar-refractivity contribution in [2.45, 2.75) is 19.4 Å². The van der Waals surface area contributed by atoms with Crippen LogP contribution in [0.2, 0.25) is 0 Å². The van der Waals surface area contributed by atoms with Gasteiger partial charge in [-0.1, -0.05) is 24.3 Å². The van der Waals surface area contributed by atoms with Gasteiger partial charge in [-0.05, 0) is 54.8 Å². The van der Waals surface area contributed by atoms with Crippen molar-refractivity contribution < 1.29 is 14.0 Å². The van der Waals surface area contributed by atoms with Crippen molar-refractivity contribution in [3.05, 3.63) is 84.1 Å². The monoisotopic (exact) mass is 498 g/mol. The number of fused-ring (bicyclic) bond motifs is 1. The molecule has 2 fully saturated rings. The number of carbonyl (C=O) groups is 2.